The molecule has 1 aromatic heterocycles. The van der Waals surface area contributed by atoms with Gasteiger partial charge in [-0.15, -0.1) is 0 Å². The molecule has 2 N–H and O–H groups in total. The van der Waals surface area contributed by atoms with Gasteiger partial charge in [-0.25, -0.2) is 9.97 Å². The van der Waals surface area contributed by atoms with Crippen molar-refractivity contribution in [2.24, 2.45) is 0 Å². The third-order valence-electron chi connectivity index (χ3n) is 2.65. The van der Waals surface area contributed by atoms with Gasteiger partial charge in [0.1, 0.15) is 0 Å². The summed E-state index contributed by atoms with van der Waals surface area (Å²) in [6.07, 6.45) is 0.825. The zero-order chi connectivity index (χ0) is 12.4. The summed E-state index contributed by atoms with van der Waals surface area (Å²) < 4.78 is 0. The Morgan fingerprint density at radius 1 is 1.18 bits per heavy atom. The van der Waals surface area contributed by atoms with E-state index in [2.05, 4.69) is 16.9 Å². The van der Waals surface area contributed by atoms with Crippen LogP contribution >= 0.6 is 11.6 Å². The van der Waals surface area contributed by atoms with Crippen molar-refractivity contribution < 1.29 is 0 Å². The molecule has 0 saturated carbocycles. The van der Waals surface area contributed by atoms with E-state index in [-0.39, 0.29) is 0 Å². The first kappa shape index (κ1) is 11.9. The molecule has 0 saturated heterocycles. The lowest BCUT2D eigenvalue weighted by Crippen LogP contribution is -2.04. The first-order chi connectivity index (χ1) is 8.11. The molecule has 0 bridgehead atoms. The maximum atomic E-state index is 5.89. The van der Waals surface area contributed by atoms with Crippen molar-refractivity contribution in [1.29, 1.82) is 0 Å². The Morgan fingerprint density at radius 2 is 1.82 bits per heavy atom. The number of aryl methyl sites for hydroxylation is 2. The molecule has 0 unspecified atom stereocenters. The highest BCUT2D eigenvalue weighted by atomic mass is 35.5. The van der Waals surface area contributed by atoms with E-state index in [0.717, 1.165) is 34.0 Å². The van der Waals surface area contributed by atoms with E-state index in [4.69, 9.17) is 17.3 Å². The van der Waals surface area contributed by atoms with Gasteiger partial charge in [0, 0.05) is 10.6 Å². The molecule has 1 aromatic carbocycles. The minimum absolute atomic E-state index is 0.331. The van der Waals surface area contributed by atoms with Crippen molar-refractivity contribution in [2.75, 3.05) is 5.73 Å². The van der Waals surface area contributed by atoms with E-state index in [1.54, 1.807) is 0 Å². The summed E-state index contributed by atoms with van der Waals surface area (Å²) in [6.45, 7) is 4.00. The molecule has 0 fully saturated rings. The van der Waals surface area contributed by atoms with Crippen LogP contribution in [-0.4, -0.2) is 9.97 Å². The number of halogens is 1. The predicted octanol–water partition coefficient (Wildman–Crippen LogP) is 3.25. The molecule has 0 radical (unpaired) electrons. The lowest BCUT2D eigenvalue weighted by molar-refractivity contribution is 0.992. The maximum absolute atomic E-state index is 5.89. The molecule has 4 heteroatoms. The van der Waals surface area contributed by atoms with Crippen LogP contribution in [0.5, 0.6) is 0 Å². The number of anilines is 1. The fraction of sp³-hybridized carbons (Fsp3) is 0.231. The fourth-order valence-electron chi connectivity index (χ4n) is 1.90. The van der Waals surface area contributed by atoms with Crippen LogP contribution in [0.15, 0.2) is 24.3 Å². The molecule has 0 aliphatic heterocycles. The van der Waals surface area contributed by atoms with Gasteiger partial charge in [0.05, 0.1) is 11.4 Å². The third-order valence-corrected chi connectivity index (χ3v) is 2.90. The van der Waals surface area contributed by atoms with Gasteiger partial charge in [-0.1, -0.05) is 30.7 Å². The quantitative estimate of drug-likeness (QED) is 0.886. The largest absolute Gasteiger partial charge is 0.368 e. The Bertz CT molecular complexity index is 535. The van der Waals surface area contributed by atoms with Crippen molar-refractivity contribution >= 4 is 17.5 Å². The highest BCUT2D eigenvalue weighted by Crippen LogP contribution is 2.27. The van der Waals surface area contributed by atoms with E-state index < -0.39 is 0 Å². The van der Waals surface area contributed by atoms with Crippen molar-refractivity contribution in [1.82, 2.24) is 9.97 Å². The zero-order valence-electron chi connectivity index (χ0n) is 9.87. The van der Waals surface area contributed by atoms with Crippen LogP contribution in [0.2, 0.25) is 5.02 Å². The van der Waals surface area contributed by atoms with Crippen LogP contribution in [0.4, 0.5) is 5.95 Å². The molecule has 0 spiro atoms. The van der Waals surface area contributed by atoms with E-state index in [9.17, 15) is 0 Å². The van der Waals surface area contributed by atoms with Gasteiger partial charge in [-0.05, 0) is 31.0 Å². The molecule has 17 heavy (non-hydrogen) atoms. The second kappa shape index (κ2) is 4.72. The number of aromatic nitrogens is 2. The first-order valence-corrected chi connectivity index (χ1v) is 5.88. The van der Waals surface area contributed by atoms with E-state index in [0.29, 0.717) is 5.95 Å². The number of nitrogen functional groups attached to an aromatic ring is 1. The number of hydrogen-bond donors (Lipinski definition) is 1. The van der Waals surface area contributed by atoms with Crippen molar-refractivity contribution in [3.63, 3.8) is 0 Å². The Labute approximate surface area is 106 Å². The van der Waals surface area contributed by atoms with Crippen LogP contribution in [0, 0.1) is 6.92 Å². The SMILES string of the molecule is CCc1nc(N)nc(C)c1-c1ccc(Cl)cc1. The normalized spacial score (nSPS) is 10.5. The second-order valence-corrected chi connectivity index (χ2v) is 4.29. The number of nitrogens with zero attached hydrogens (tertiary/aromatic N) is 2. The van der Waals surface area contributed by atoms with Crippen molar-refractivity contribution in [3.8, 4) is 11.1 Å². The van der Waals surface area contributed by atoms with Crippen LogP contribution in [0.1, 0.15) is 18.3 Å². The summed E-state index contributed by atoms with van der Waals surface area (Å²) in [7, 11) is 0. The standard InChI is InChI=1S/C13H14ClN3/c1-3-11-12(8(2)16-13(15)17-11)9-4-6-10(14)7-5-9/h4-7H,3H2,1-2H3,(H2,15,16,17). The highest BCUT2D eigenvalue weighted by molar-refractivity contribution is 6.30. The predicted molar refractivity (Wildman–Crippen MR) is 71.0 cm³/mol. The van der Waals surface area contributed by atoms with Gasteiger partial charge in [0.15, 0.2) is 0 Å². The van der Waals surface area contributed by atoms with Crippen LogP contribution in [0.25, 0.3) is 11.1 Å². The minimum Gasteiger partial charge on any atom is -0.368 e. The first-order valence-electron chi connectivity index (χ1n) is 5.50. The number of hydrogen-bond acceptors (Lipinski definition) is 3. The van der Waals surface area contributed by atoms with E-state index in [1.807, 2.05) is 31.2 Å². The average molecular weight is 248 g/mol. The van der Waals surface area contributed by atoms with Crippen molar-refractivity contribution in [2.45, 2.75) is 20.3 Å². The molecule has 0 amide bonds. The number of benzene rings is 1. The summed E-state index contributed by atoms with van der Waals surface area (Å²) >= 11 is 5.89. The van der Waals surface area contributed by atoms with Gasteiger partial charge in [0.2, 0.25) is 5.95 Å². The smallest absolute Gasteiger partial charge is 0.220 e. The highest BCUT2D eigenvalue weighted by Gasteiger charge is 2.11. The summed E-state index contributed by atoms with van der Waals surface area (Å²) in [4.78, 5) is 8.50. The average Bonchev–Trinajstić information content (AvgIpc) is 2.30. The van der Waals surface area contributed by atoms with Gasteiger partial charge >= 0.3 is 0 Å². The van der Waals surface area contributed by atoms with Crippen LogP contribution in [-0.2, 0) is 6.42 Å². The molecular weight excluding hydrogens is 234 g/mol. The molecule has 88 valence electrons. The van der Waals surface area contributed by atoms with Gasteiger partial charge in [0.25, 0.3) is 0 Å². The Kier molecular flexibility index (Phi) is 3.29. The second-order valence-electron chi connectivity index (χ2n) is 3.85. The van der Waals surface area contributed by atoms with E-state index >= 15 is 0 Å². The molecule has 2 aromatic rings. The third kappa shape index (κ3) is 2.39. The Hall–Kier alpha value is -1.61. The maximum Gasteiger partial charge on any atom is 0.220 e. The van der Waals surface area contributed by atoms with Crippen LogP contribution in [0.3, 0.4) is 0 Å². The number of nitrogens with two attached hydrogens (primary N) is 1. The zero-order valence-corrected chi connectivity index (χ0v) is 10.6. The molecule has 0 aliphatic carbocycles. The number of rotatable bonds is 2. The summed E-state index contributed by atoms with van der Waals surface area (Å²) in [5.74, 6) is 0.331. The Morgan fingerprint density at radius 3 is 2.41 bits per heavy atom. The Balaban J connectivity index is 2.61. The minimum atomic E-state index is 0.331. The molecule has 1 heterocycles. The summed E-state index contributed by atoms with van der Waals surface area (Å²) in [5.41, 5.74) is 9.66. The molecule has 3 nitrogen and oxygen atoms in total. The van der Waals surface area contributed by atoms with Crippen molar-refractivity contribution in [3.05, 3.63) is 40.7 Å². The molecule has 2 rings (SSSR count). The summed E-state index contributed by atoms with van der Waals surface area (Å²) in [5, 5.41) is 0.723. The lowest BCUT2D eigenvalue weighted by atomic mass is 10.0. The fourth-order valence-corrected chi connectivity index (χ4v) is 2.03. The van der Waals surface area contributed by atoms with Gasteiger partial charge < -0.3 is 5.73 Å². The van der Waals surface area contributed by atoms with Gasteiger partial charge in [-0.3, -0.25) is 0 Å². The molecular formula is C13H14ClN3. The topological polar surface area (TPSA) is 51.8 Å². The molecule has 0 atom stereocenters. The van der Waals surface area contributed by atoms with Crippen LogP contribution < -0.4 is 5.73 Å². The monoisotopic (exact) mass is 247 g/mol. The van der Waals surface area contributed by atoms with E-state index in [1.165, 1.54) is 0 Å². The molecule has 0 aliphatic rings. The summed E-state index contributed by atoms with van der Waals surface area (Å²) in [6, 6.07) is 7.69. The van der Waals surface area contributed by atoms with Gasteiger partial charge in [-0.2, -0.15) is 0 Å². The lowest BCUT2D eigenvalue weighted by Gasteiger charge is -2.11.